The summed E-state index contributed by atoms with van der Waals surface area (Å²) in [6, 6.07) is 32.3. The van der Waals surface area contributed by atoms with Crippen LogP contribution in [0.15, 0.2) is 97.1 Å². The highest BCUT2D eigenvalue weighted by molar-refractivity contribution is 7.22. The maximum Gasteiger partial charge on any atom is 0.134 e. The Balaban J connectivity index is 1.01. The van der Waals surface area contributed by atoms with Crippen molar-refractivity contribution in [2.75, 3.05) is 23.7 Å². The van der Waals surface area contributed by atoms with E-state index in [1.54, 1.807) is 22.7 Å². The van der Waals surface area contributed by atoms with Gasteiger partial charge < -0.3 is 10.6 Å². The number of aromatic nitrogens is 2. The molecule has 2 heterocycles. The first-order chi connectivity index (χ1) is 17.7. The second-order valence-corrected chi connectivity index (χ2v) is 10.5. The van der Waals surface area contributed by atoms with Crippen LogP contribution in [0, 0.1) is 0 Å². The number of rotatable bonds is 8. The van der Waals surface area contributed by atoms with E-state index in [9.17, 15) is 4.39 Å². The number of nitrogens with one attached hydrogen (secondary N) is 2. The van der Waals surface area contributed by atoms with Crippen molar-refractivity contribution in [3.05, 3.63) is 97.1 Å². The summed E-state index contributed by atoms with van der Waals surface area (Å²) >= 11 is 3.35. The normalized spacial score (nSPS) is 11.4. The maximum atomic E-state index is 14.6. The van der Waals surface area contributed by atoms with E-state index in [-0.39, 0.29) is 13.1 Å². The Morgan fingerprint density at radius 1 is 0.583 bits per heavy atom. The van der Waals surface area contributed by atoms with Gasteiger partial charge in [0.25, 0.3) is 0 Å². The van der Waals surface area contributed by atoms with Crippen molar-refractivity contribution in [1.82, 2.24) is 9.97 Å². The molecule has 2 aromatic heterocycles. The lowest BCUT2D eigenvalue weighted by Gasteiger charge is -2.13. The fraction of sp³-hybridized carbons (Fsp3) is 0.103. The maximum absolute atomic E-state index is 14.6. The Kier molecular flexibility index (Phi) is 6.32. The molecular formula is C29H23FN4S2. The molecule has 0 aliphatic carbocycles. The number of hydrogen-bond donors (Lipinski definition) is 2. The third-order valence-electron chi connectivity index (χ3n) is 5.91. The van der Waals surface area contributed by atoms with Crippen LogP contribution in [0.2, 0.25) is 0 Å². The van der Waals surface area contributed by atoms with Crippen molar-refractivity contribution < 1.29 is 4.39 Å². The minimum Gasteiger partial charge on any atom is -0.382 e. The standard InChI is InChI=1S/C29H23FN4S2/c30-21(17-31-22-13-9-19(10-14-22)28-33-24-5-1-3-7-26(24)35-28)18-32-23-15-11-20(12-16-23)29-34-25-6-2-4-8-27(25)36-29/h1-16,21,31-32H,17-18H2. The third-order valence-corrected chi connectivity index (χ3v) is 8.08. The van der Waals surface area contributed by atoms with Crippen molar-refractivity contribution in [1.29, 1.82) is 0 Å². The molecule has 6 rings (SSSR count). The molecule has 0 unspecified atom stereocenters. The number of halogens is 1. The van der Waals surface area contributed by atoms with E-state index in [0.717, 1.165) is 43.6 Å². The highest BCUT2D eigenvalue weighted by Crippen LogP contribution is 2.31. The van der Waals surface area contributed by atoms with Gasteiger partial charge in [-0.2, -0.15) is 0 Å². The monoisotopic (exact) mass is 510 g/mol. The quantitative estimate of drug-likeness (QED) is 0.217. The van der Waals surface area contributed by atoms with Crippen molar-refractivity contribution in [2.24, 2.45) is 0 Å². The summed E-state index contributed by atoms with van der Waals surface area (Å²) in [6.45, 7) is 0.467. The lowest BCUT2D eigenvalue weighted by atomic mass is 10.2. The first kappa shape index (κ1) is 22.6. The molecule has 0 bridgehead atoms. The fourth-order valence-electron chi connectivity index (χ4n) is 3.98. The van der Waals surface area contributed by atoms with Gasteiger partial charge in [-0.1, -0.05) is 24.3 Å². The lowest BCUT2D eigenvalue weighted by molar-refractivity contribution is 0.365. The van der Waals surface area contributed by atoms with Crippen LogP contribution in [-0.4, -0.2) is 29.2 Å². The molecular weight excluding hydrogens is 487 g/mol. The van der Waals surface area contributed by atoms with E-state index in [2.05, 4.69) is 22.8 Å². The predicted octanol–water partition coefficient (Wildman–Crippen LogP) is 8.10. The first-order valence-electron chi connectivity index (χ1n) is 11.8. The summed E-state index contributed by atoms with van der Waals surface area (Å²) in [7, 11) is 0. The van der Waals surface area contributed by atoms with Crippen LogP contribution in [0.3, 0.4) is 0 Å². The third kappa shape index (κ3) is 4.94. The van der Waals surface area contributed by atoms with Crippen LogP contribution in [-0.2, 0) is 0 Å². The van der Waals surface area contributed by atoms with Gasteiger partial charge in [0.05, 0.1) is 20.4 Å². The molecule has 0 aliphatic rings. The van der Waals surface area contributed by atoms with E-state index in [0.29, 0.717) is 0 Å². The summed E-state index contributed by atoms with van der Waals surface area (Å²) in [5.41, 5.74) is 5.94. The van der Waals surface area contributed by atoms with Crippen molar-refractivity contribution >= 4 is 54.5 Å². The molecule has 4 aromatic carbocycles. The van der Waals surface area contributed by atoms with Crippen LogP contribution < -0.4 is 10.6 Å². The van der Waals surface area contributed by atoms with Gasteiger partial charge in [-0.3, -0.25) is 0 Å². The zero-order valence-corrected chi connectivity index (χ0v) is 21.0. The highest BCUT2D eigenvalue weighted by Gasteiger charge is 2.09. The van der Waals surface area contributed by atoms with Gasteiger partial charge in [-0.05, 0) is 72.8 Å². The van der Waals surface area contributed by atoms with Crippen molar-refractivity contribution in [3.8, 4) is 21.1 Å². The van der Waals surface area contributed by atoms with Crippen molar-refractivity contribution in [3.63, 3.8) is 0 Å². The van der Waals surface area contributed by atoms with E-state index in [4.69, 9.17) is 9.97 Å². The molecule has 0 aliphatic heterocycles. The van der Waals surface area contributed by atoms with Crippen LogP contribution in [0.4, 0.5) is 15.8 Å². The summed E-state index contributed by atoms with van der Waals surface area (Å²) in [4.78, 5) is 9.40. The number of para-hydroxylation sites is 2. The fourth-order valence-corrected chi connectivity index (χ4v) is 5.92. The average molecular weight is 511 g/mol. The van der Waals surface area contributed by atoms with E-state index < -0.39 is 6.17 Å². The zero-order chi connectivity index (χ0) is 24.3. The van der Waals surface area contributed by atoms with Gasteiger partial charge in [0.15, 0.2) is 0 Å². The number of fused-ring (bicyclic) bond motifs is 2. The number of nitrogens with zero attached hydrogens (tertiary/aromatic N) is 2. The minimum absolute atomic E-state index is 0.233. The Morgan fingerprint density at radius 2 is 1.00 bits per heavy atom. The van der Waals surface area contributed by atoms with Gasteiger partial charge >= 0.3 is 0 Å². The molecule has 2 N–H and O–H groups in total. The molecule has 7 heteroatoms. The van der Waals surface area contributed by atoms with Crippen LogP contribution >= 0.6 is 22.7 Å². The molecule has 0 fully saturated rings. The Morgan fingerprint density at radius 3 is 1.42 bits per heavy atom. The molecule has 0 amide bonds. The van der Waals surface area contributed by atoms with Crippen molar-refractivity contribution in [2.45, 2.75) is 6.17 Å². The molecule has 0 radical (unpaired) electrons. The van der Waals surface area contributed by atoms with Gasteiger partial charge in [0.1, 0.15) is 16.2 Å². The summed E-state index contributed by atoms with van der Waals surface area (Å²) in [5.74, 6) is 0. The Labute approximate surface area is 216 Å². The predicted molar refractivity (Wildman–Crippen MR) is 152 cm³/mol. The number of benzene rings is 4. The smallest absolute Gasteiger partial charge is 0.134 e. The molecule has 4 nitrogen and oxygen atoms in total. The second kappa shape index (κ2) is 10.0. The molecule has 6 aromatic rings. The number of anilines is 2. The molecule has 0 spiro atoms. The second-order valence-electron chi connectivity index (χ2n) is 8.49. The topological polar surface area (TPSA) is 49.8 Å². The number of hydrogen-bond acceptors (Lipinski definition) is 6. The minimum atomic E-state index is -1.03. The van der Waals surface area contributed by atoms with Gasteiger partial charge in [-0.15, -0.1) is 22.7 Å². The van der Waals surface area contributed by atoms with E-state index in [1.807, 2.05) is 84.9 Å². The average Bonchev–Trinajstić information content (AvgIpc) is 3.56. The van der Waals surface area contributed by atoms with Gasteiger partial charge in [0, 0.05) is 35.6 Å². The summed E-state index contributed by atoms with van der Waals surface area (Å²) in [5, 5.41) is 8.36. The van der Waals surface area contributed by atoms with E-state index >= 15 is 0 Å². The molecule has 0 saturated carbocycles. The molecule has 36 heavy (non-hydrogen) atoms. The van der Waals surface area contributed by atoms with Crippen LogP contribution in [0.25, 0.3) is 41.6 Å². The highest BCUT2D eigenvalue weighted by atomic mass is 32.1. The van der Waals surface area contributed by atoms with E-state index in [1.165, 1.54) is 9.40 Å². The molecule has 0 saturated heterocycles. The molecule has 0 atom stereocenters. The van der Waals surface area contributed by atoms with Crippen LogP contribution in [0.1, 0.15) is 0 Å². The number of thiazole rings is 2. The first-order valence-corrected chi connectivity index (χ1v) is 13.4. The Hall–Kier alpha value is -3.81. The largest absolute Gasteiger partial charge is 0.382 e. The summed E-state index contributed by atoms with van der Waals surface area (Å²) < 4.78 is 16.9. The van der Waals surface area contributed by atoms with Gasteiger partial charge in [-0.25, -0.2) is 14.4 Å². The lowest BCUT2D eigenvalue weighted by Crippen LogP contribution is -2.23. The van der Waals surface area contributed by atoms with Crippen LogP contribution in [0.5, 0.6) is 0 Å². The number of alkyl halides is 1. The summed E-state index contributed by atoms with van der Waals surface area (Å²) in [6.07, 6.45) is -1.03. The Bertz CT molecular complexity index is 1420. The SMILES string of the molecule is FC(CNc1ccc(-c2nc3ccccc3s2)cc1)CNc1ccc(-c2nc3ccccc3s2)cc1. The zero-order valence-electron chi connectivity index (χ0n) is 19.3. The van der Waals surface area contributed by atoms with Gasteiger partial charge in [0.2, 0.25) is 0 Å². The molecule has 178 valence electrons.